The van der Waals surface area contributed by atoms with Crippen LogP contribution in [0.1, 0.15) is 37.3 Å². The highest BCUT2D eigenvalue weighted by Crippen LogP contribution is 2.32. The van der Waals surface area contributed by atoms with E-state index < -0.39 is 5.97 Å². The van der Waals surface area contributed by atoms with Gasteiger partial charge in [0, 0.05) is 12.6 Å². The van der Waals surface area contributed by atoms with Crippen LogP contribution in [-0.4, -0.2) is 36.2 Å². The standard InChI is InChI=1S/C15H21NO3/c1-19-13-6-4-5-12(11-13)14-7-2-3-9-16(14)10-8-15(17)18/h4-6,11,14H,2-3,7-10H2,1H3,(H,17,18)/t14-/m0/s1. The van der Waals surface area contributed by atoms with Gasteiger partial charge in [-0.05, 0) is 37.1 Å². The Morgan fingerprint density at radius 1 is 1.47 bits per heavy atom. The van der Waals surface area contributed by atoms with E-state index in [1.807, 2.05) is 12.1 Å². The second kappa shape index (κ2) is 6.57. The topological polar surface area (TPSA) is 49.8 Å². The maximum Gasteiger partial charge on any atom is 0.304 e. The Kier molecular flexibility index (Phi) is 4.80. The Morgan fingerprint density at radius 3 is 3.05 bits per heavy atom. The molecule has 2 rings (SSSR count). The SMILES string of the molecule is COc1cccc([C@@H]2CCCCN2CCC(=O)O)c1. The summed E-state index contributed by atoms with van der Waals surface area (Å²) in [4.78, 5) is 13.0. The number of benzene rings is 1. The lowest BCUT2D eigenvalue weighted by molar-refractivity contribution is -0.137. The van der Waals surface area contributed by atoms with Gasteiger partial charge in [0.05, 0.1) is 13.5 Å². The highest BCUT2D eigenvalue weighted by molar-refractivity contribution is 5.66. The van der Waals surface area contributed by atoms with Gasteiger partial charge in [-0.1, -0.05) is 18.6 Å². The quantitative estimate of drug-likeness (QED) is 0.887. The number of carboxylic acids is 1. The molecule has 19 heavy (non-hydrogen) atoms. The van der Waals surface area contributed by atoms with Gasteiger partial charge in [0.25, 0.3) is 0 Å². The zero-order chi connectivity index (χ0) is 13.7. The van der Waals surface area contributed by atoms with Gasteiger partial charge in [-0.2, -0.15) is 0 Å². The average Bonchev–Trinajstić information content (AvgIpc) is 2.45. The number of hydrogen-bond acceptors (Lipinski definition) is 3. The first-order valence-corrected chi connectivity index (χ1v) is 6.80. The van der Waals surface area contributed by atoms with E-state index in [4.69, 9.17) is 9.84 Å². The highest BCUT2D eigenvalue weighted by atomic mass is 16.5. The van der Waals surface area contributed by atoms with Crippen LogP contribution >= 0.6 is 0 Å². The number of piperidine rings is 1. The van der Waals surface area contributed by atoms with E-state index in [1.165, 1.54) is 12.0 Å². The van der Waals surface area contributed by atoms with Gasteiger partial charge in [-0.25, -0.2) is 0 Å². The number of ether oxygens (including phenoxy) is 1. The first kappa shape index (κ1) is 13.9. The summed E-state index contributed by atoms with van der Waals surface area (Å²) in [5, 5.41) is 8.84. The van der Waals surface area contributed by atoms with Gasteiger partial charge in [0.2, 0.25) is 0 Å². The molecule has 0 radical (unpaired) electrons. The lowest BCUT2D eigenvalue weighted by Crippen LogP contribution is -2.35. The number of rotatable bonds is 5. The molecular formula is C15H21NO3. The number of nitrogens with zero attached hydrogens (tertiary/aromatic N) is 1. The molecule has 0 spiro atoms. The molecule has 1 N–H and O–H groups in total. The maximum absolute atomic E-state index is 10.7. The number of aliphatic carboxylic acids is 1. The Balaban J connectivity index is 2.11. The predicted molar refractivity (Wildman–Crippen MR) is 73.4 cm³/mol. The third-order valence-electron chi connectivity index (χ3n) is 3.71. The maximum atomic E-state index is 10.7. The van der Waals surface area contributed by atoms with E-state index in [1.54, 1.807) is 7.11 Å². The van der Waals surface area contributed by atoms with Gasteiger partial charge in [-0.15, -0.1) is 0 Å². The van der Waals surface area contributed by atoms with Crippen LogP contribution in [0.25, 0.3) is 0 Å². The average molecular weight is 263 g/mol. The summed E-state index contributed by atoms with van der Waals surface area (Å²) >= 11 is 0. The Bertz CT molecular complexity index is 433. The minimum absolute atomic E-state index is 0.209. The van der Waals surface area contributed by atoms with Crippen molar-refractivity contribution in [3.63, 3.8) is 0 Å². The van der Waals surface area contributed by atoms with Crippen molar-refractivity contribution in [1.82, 2.24) is 4.90 Å². The van der Waals surface area contributed by atoms with Crippen LogP contribution in [0.2, 0.25) is 0 Å². The van der Waals surface area contributed by atoms with Crippen molar-refractivity contribution in [1.29, 1.82) is 0 Å². The van der Waals surface area contributed by atoms with Gasteiger partial charge >= 0.3 is 5.97 Å². The van der Waals surface area contributed by atoms with Crippen molar-refractivity contribution < 1.29 is 14.6 Å². The minimum Gasteiger partial charge on any atom is -0.497 e. The Labute approximate surface area is 114 Å². The van der Waals surface area contributed by atoms with Crippen molar-refractivity contribution in [3.8, 4) is 5.75 Å². The summed E-state index contributed by atoms with van der Waals surface area (Å²) in [6.07, 6.45) is 3.65. The summed E-state index contributed by atoms with van der Waals surface area (Å²) in [5.74, 6) is 0.135. The number of likely N-dealkylation sites (tertiary alicyclic amines) is 1. The molecular weight excluding hydrogens is 242 g/mol. The van der Waals surface area contributed by atoms with Crippen molar-refractivity contribution in [2.24, 2.45) is 0 Å². The van der Waals surface area contributed by atoms with Gasteiger partial charge in [0.1, 0.15) is 5.75 Å². The fourth-order valence-corrected chi connectivity index (χ4v) is 2.72. The summed E-state index contributed by atoms with van der Waals surface area (Å²) in [6, 6.07) is 8.42. The van der Waals surface area contributed by atoms with Crippen molar-refractivity contribution >= 4 is 5.97 Å². The second-order valence-electron chi connectivity index (χ2n) is 4.97. The van der Waals surface area contributed by atoms with Crippen LogP contribution in [0.15, 0.2) is 24.3 Å². The molecule has 1 aliphatic heterocycles. The fraction of sp³-hybridized carbons (Fsp3) is 0.533. The van der Waals surface area contributed by atoms with Gasteiger partial charge in [0.15, 0.2) is 0 Å². The predicted octanol–water partition coefficient (Wildman–Crippen LogP) is 2.70. The van der Waals surface area contributed by atoms with E-state index in [0.29, 0.717) is 12.6 Å². The molecule has 0 bridgehead atoms. The number of carbonyl (C=O) groups is 1. The molecule has 1 aromatic rings. The van der Waals surface area contributed by atoms with Crippen molar-refractivity contribution in [3.05, 3.63) is 29.8 Å². The molecule has 104 valence electrons. The van der Waals surface area contributed by atoms with E-state index in [2.05, 4.69) is 17.0 Å². The zero-order valence-electron chi connectivity index (χ0n) is 11.3. The number of hydrogen-bond donors (Lipinski definition) is 1. The van der Waals surface area contributed by atoms with Gasteiger partial charge < -0.3 is 9.84 Å². The van der Waals surface area contributed by atoms with Crippen LogP contribution in [0, 0.1) is 0 Å². The molecule has 0 aliphatic carbocycles. The molecule has 1 atom stereocenters. The van der Waals surface area contributed by atoms with Crippen LogP contribution in [0.3, 0.4) is 0 Å². The fourth-order valence-electron chi connectivity index (χ4n) is 2.72. The molecule has 0 saturated carbocycles. The smallest absolute Gasteiger partial charge is 0.304 e. The molecule has 1 heterocycles. The molecule has 1 aromatic carbocycles. The lowest BCUT2D eigenvalue weighted by Gasteiger charge is -2.35. The largest absolute Gasteiger partial charge is 0.497 e. The van der Waals surface area contributed by atoms with Crippen LogP contribution in [-0.2, 0) is 4.79 Å². The molecule has 0 unspecified atom stereocenters. The van der Waals surface area contributed by atoms with E-state index in [9.17, 15) is 4.79 Å². The molecule has 0 aromatic heterocycles. The molecule has 4 heteroatoms. The second-order valence-corrected chi connectivity index (χ2v) is 4.97. The number of methoxy groups -OCH3 is 1. The summed E-state index contributed by atoms with van der Waals surface area (Å²) in [7, 11) is 1.67. The van der Waals surface area contributed by atoms with E-state index in [0.717, 1.165) is 25.1 Å². The molecule has 1 saturated heterocycles. The summed E-state index contributed by atoms with van der Waals surface area (Å²) in [6.45, 7) is 1.60. The van der Waals surface area contributed by atoms with Crippen LogP contribution < -0.4 is 4.74 Å². The first-order chi connectivity index (χ1) is 9.20. The normalized spacial score (nSPS) is 20.2. The lowest BCUT2D eigenvalue weighted by atomic mass is 9.95. The monoisotopic (exact) mass is 263 g/mol. The summed E-state index contributed by atoms with van der Waals surface area (Å²) < 4.78 is 5.27. The Morgan fingerprint density at radius 2 is 2.32 bits per heavy atom. The minimum atomic E-state index is -0.727. The van der Waals surface area contributed by atoms with Crippen LogP contribution in [0.4, 0.5) is 0 Å². The van der Waals surface area contributed by atoms with E-state index in [-0.39, 0.29) is 6.42 Å². The third kappa shape index (κ3) is 3.70. The molecule has 1 fully saturated rings. The number of carboxylic acid groups (broad SMARTS) is 1. The zero-order valence-corrected chi connectivity index (χ0v) is 11.3. The third-order valence-corrected chi connectivity index (χ3v) is 3.71. The molecule has 1 aliphatic rings. The highest BCUT2D eigenvalue weighted by Gasteiger charge is 2.24. The Hall–Kier alpha value is -1.55. The van der Waals surface area contributed by atoms with Gasteiger partial charge in [-0.3, -0.25) is 9.69 Å². The van der Waals surface area contributed by atoms with Crippen molar-refractivity contribution in [2.45, 2.75) is 31.7 Å². The van der Waals surface area contributed by atoms with Crippen molar-refractivity contribution in [2.75, 3.05) is 20.2 Å². The molecule has 4 nitrogen and oxygen atoms in total. The first-order valence-electron chi connectivity index (χ1n) is 6.80. The summed E-state index contributed by atoms with van der Waals surface area (Å²) in [5.41, 5.74) is 1.23. The molecule has 0 amide bonds. The van der Waals surface area contributed by atoms with E-state index >= 15 is 0 Å². The van der Waals surface area contributed by atoms with Crippen LogP contribution in [0.5, 0.6) is 5.75 Å².